The van der Waals surface area contributed by atoms with Gasteiger partial charge in [0, 0.05) is 64.1 Å². The van der Waals surface area contributed by atoms with Gasteiger partial charge in [0.2, 0.25) is 5.91 Å². The summed E-state index contributed by atoms with van der Waals surface area (Å²) >= 11 is 3.28. The molecule has 10 heterocycles. The van der Waals surface area contributed by atoms with E-state index in [1.165, 1.54) is 0 Å². The van der Waals surface area contributed by atoms with Gasteiger partial charge in [-0.2, -0.15) is 21.5 Å². The van der Waals surface area contributed by atoms with Gasteiger partial charge in [0.1, 0.15) is 17.1 Å². The number of thiophene rings is 2. The molecule has 0 saturated carbocycles. The molecule has 0 unspecified atom stereocenters. The highest BCUT2D eigenvalue weighted by Gasteiger charge is 2.23. The number of nitrogens with one attached hydrogen (secondary N) is 6. The molecule has 0 aliphatic carbocycles. The van der Waals surface area contributed by atoms with Crippen LogP contribution in [-0.2, 0) is 11.3 Å². The van der Waals surface area contributed by atoms with Crippen molar-refractivity contribution in [2.45, 2.75) is 27.3 Å². The molecule has 0 fully saturated rings. The number of H-pyrrole nitrogens is 4. The van der Waals surface area contributed by atoms with Crippen LogP contribution in [0, 0.1) is 5.92 Å². The molecule has 0 radical (unpaired) electrons. The van der Waals surface area contributed by atoms with Gasteiger partial charge in [-0.15, -0.1) is 11.3 Å². The average molecular weight is 929 g/mol. The van der Waals surface area contributed by atoms with Crippen LogP contribution in [0.5, 0.6) is 0 Å². The highest BCUT2D eigenvalue weighted by atomic mass is 32.1. The predicted molar refractivity (Wildman–Crippen MR) is 271 cm³/mol. The third-order valence-corrected chi connectivity index (χ3v) is 13.6. The number of benzene rings is 2. The van der Waals surface area contributed by atoms with Crippen LogP contribution in [-0.4, -0.2) is 72.7 Å². The lowest BCUT2D eigenvalue weighted by molar-refractivity contribution is -0.118. The second-order valence-electron chi connectivity index (χ2n) is 16.8. The predicted octanol–water partition coefficient (Wildman–Crippen LogP) is 11.3. The Labute approximate surface area is 395 Å². The highest BCUT2D eigenvalue weighted by molar-refractivity contribution is 7.14. The number of rotatable bonds is 12. The maximum atomic E-state index is 12.4. The van der Waals surface area contributed by atoms with Crippen LogP contribution in [0.3, 0.4) is 0 Å². The van der Waals surface area contributed by atoms with Crippen molar-refractivity contribution in [1.82, 2.24) is 65.6 Å². The number of nitrogens with zero attached hydrogens (tertiary/aromatic N) is 8. The molecule has 0 atom stereocenters. The second kappa shape index (κ2) is 16.9. The smallest absolute Gasteiger partial charge is 0.226 e. The second-order valence-corrected chi connectivity index (χ2v) is 18.5. The number of anilines is 1. The van der Waals surface area contributed by atoms with Gasteiger partial charge in [-0.1, -0.05) is 45.0 Å². The Morgan fingerprint density at radius 1 is 0.676 bits per heavy atom. The number of hydrogen-bond acceptors (Lipinski definition) is 12. The van der Waals surface area contributed by atoms with E-state index in [2.05, 4.69) is 111 Å². The number of carbonyl (C=O) groups is 1. The Bertz CT molecular complexity index is 3860. The molecule has 12 rings (SSSR count). The summed E-state index contributed by atoms with van der Waals surface area (Å²) in [6.45, 7) is 7.35. The Balaban J connectivity index is 0.932. The minimum Gasteiger partial charge on any atom is -0.337 e. The van der Waals surface area contributed by atoms with Gasteiger partial charge < -0.3 is 20.6 Å². The Hall–Kier alpha value is -8.25. The van der Waals surface area contributed by atoms with Crippen molar-refractivity contribution in [3.8, 4) is 78.4 Å². The summed E-state index contributed by atoms with van der Waals surface area (Å²) in [5.41, 5.74) is 16.1. The third-order valence-electron chi connectivity index (χ3n) is 11.9. The SMILES string of the molecule is CCNCc1cncc(-c2cc3c(-c4nc5c(-c6ccsc6)cccc5[nH]4)n[nH]c3c(-c3cc(-c4cccc5[nH]c(-c6n[nH]c7cnc(-c8cncc(NC(=O)C(C)C)c8)cc67)nc45)cs3)n2)c1. The number of aromatic amines is 4. The van der Waals surface area contributed by atoms with Gasteiger partial charge in [-0.25, -0.2) is 15.0 Å². The zero-order valence-corrected chi connectivity index (χ0v) is 38.5. The average Bonchev–Trinajstić information content (AvgIpc) is 4.23. The molecule has 2 aromatic carbocycles. The van der Waals surface area contributed by atoms with Crippen molar-refractivity contribution in [2.24, 2.45) is 5.92 Å². The maximum Gasteiger partial charge on any atom is 0.226 e. The van der Waals surface area contributed by atoms with Crippen LogP contribution in [0.4, 0.5) is 5.69 Å². The van der Waals surface area contributed by atoms with Crippen LogP contribution in [0.1, 0.15) is 26.3 Å². The van der Waals surface area contributed by atoms with Crippen LogP contribution in [0.2, 0.25) is 0 Å². The van der Waals surface area contributed by atoms with E-state index in [0.717, 1.165) is 106 Å². The quantitative estimate of drug-likeness (QED) is 0.0683. The van der Waals surface area contributed by atoms with E-state index >= 15 is 0 Å². The van der Waals surface area contributed by atoms with Gasteiger partial charge in [-0.3, -0.25) is 29.9 Å². The van der Waals surface area contributed by atoms with Crippen molar-refractivity contribution in [3.63, 3.8) is 0 Å². The van der Waals surface area contributed by atoms with Crippen molar-refractivity contribution < 1.29 is 4.79 Å². The van der Waals surface area contributed by atoms with Crippen molar-refractivity contribution in [2.75, 3.05) is 11.9 Å². The van der Waals surface area contributed by atoms with Crippen LogP contribution in [0.25, 0.3) is 122 Å². The fourth-order valence-electron chi connectivity index (χ4n) is 8.48. The summed E-state index contributed by atoms with van der Waals surface area (Å²) in [4.78, 5) is 49.8. The number of aromatic nitrogens is 12. The summed E-state index contributed by atoms with van der Waals surface area (Å²) in [7, 11) is 0. The molecule has 0 saturated heterocycles. The fraction of sp³-hybridized carbons (Fsp3) is 0.118. The van der Waals surface area contributed by atoms with E-state index in [4.69, 9.17) is 25.1 Å². The molecule has 0 spiro atoms. The summed E-state index contributed by atoms with van der Waals surface area (Å²) in [5.74, 6) is 1.03. The molecule has 17 heteroatoms. The topological polar surface area (TPSA) is 207 Å². The van der Waals surface area contributed by atoms with Crippen molar-refractivity contribution in [1.29, 1.82) is 0 Å². The summed E-state index contributed by atoms with van der Waals surface area (Å²) in [5, 5.41) is 30.5. The lowest BCUT2D eigenvalue weighted by Crippen LogP contribution is -2.17. The van der Waals surface area contributed by atoms with E-state index in [0.29, 0.717) is 41.0 Å². The van der Waals surface area contributed by atoms with E-state index in [-0.39, 0.29) is 11.8 Å². The first-order chi connectivity index (χ1) is 33.3. The standard InChI is InChI=1S/C51H40N14OS2/c1-4-52-18-27-13-29(20-53-19-27)40-17-36-45(63-65-47(36)50-59-37-9-5-7-33(43(37)60-50)28-11-12-67-24-28)48(57-40)42-15-31(25-68-42)34-8-6-10-38-44(34)61-49(58-38)46-35-16-39(55-23-41(35)62-64-46)30-14-32(22-54-21-30)56-51(66)26(2)3/h5-17,19-26,52H,4,18H2,1-3H3,(H,56,66)(H,58,61)(H,59,60)(H,62,64)(H,63,65). The van der Waals surface area contributed by atoms with Crippen molar-refractivity contribution in [3.05, 3.63) is 125 Å². The number of hydrogen-bond donors (Lipinski definition) is 6. The van der Waals surface area contributed by atoms with Gasteiger partial charge >= 0.3 is 0 Å². The van der Waals surface area contributed by atoms with E-state index in [1.54, 1.807) is 41.3 Å². The Morgan fingerprint density at radius 2 is 1.40 bits per heavy atom. The molecule has 12 aromatic rings. The molecule has 1 amide bonds. The van der Waals surface area contributed by atoms with Crippen LogP contribution < -0.4 is 10.6 Å². The van der Waals surface area contributed by atoms with Gasteiger partial charge in [0.25, 0.3) is 0 Å². The number of carbonyl (C=O) groups excluding carboxylic acids is 1. The maximum absolute atomic E-state index is 12.4. The summed E-state index contributed by atoms with van der Waals surface area (Å²) < 4.78 is 0. The first kappa shape index (κ1) is 41.2. The largest absolute Gasteiger partial charge is 0.337 e. The Kier molecular flexibility index (Phi) is 10.2. The molecule has 10 aromatic heterocycles. The van der Waals surface area contributed by atoms with Gasteiger partial charge in [0.15, 0.2) is 11.6 Å². The number of imidazole rings is 2. The zero-order valence-electron chi connectivity index (χ0n) is 36.8. The molecular weight excluding hydrogens is 889 g/mol. The number of pyridine rings is 4. The first-order valence-corrected chi connectivity index (χ1v) is 23.9. The molecule has 15 nitrogen and oxygen atoms in total. The van der Waals surface area contributed by atoms with E-state index in [1.807, 2.05) is 56.6 Å². The molecule has 0 aliphatic heterocycles. The first-order valence-electron chi connectivity index (χ1n) is 22.1. The minimum atomic E-state index is -0.162. The van der Waals surface area contributed by atoms with E-state index < -0.39 is 0 Å². The zero-order chi connectivity index (χ0) is 45.9. The minimum absolute atomic E-state index is 0.0824. The third kappa shape index (κ3) is 7.38. The normalized spacial score (nSPS) is 11.8. The number of para-hydroxylation sites is 2. The number of amides is 1. The molecular formula is C51H40N14OS2. The van der Waals surface area contributed by atoms with Crippen LogP contribution >= 0.6 is 22.7 Å². The molecule has 0 bridgehead atoms. The molecule has 68 heavy (non-hydrogen) atoms. The summed E-state index contributed by atoms with van der Waals surface area (Å²) in [6, 6.07) is 24.7. The molecule has 0 aliphatic rings. The van der Waals surface area contributed by atoms with Crippen molar-refractivity contribution >= 4 is 78.1 Å². The summed E-state index contributed by atoms with van der Waals surface area (Å²) in [6.07, 6.45) is 8.86. The lowest BCUT2D eigenvalue weighted by Gasteiger charge is -2.08. The van der Waals surface area contributed by atoms with Gasteiger partial charge in [0.05, 0.1) is 67.4 Å². The fourth-order valence-corrected chi connectivity index (χ4v) is 10.0. The number of fused-ring (bicyclic) bond motifs is 4. The Morgan fingerprint density at radius 3 is 2.15 bits per heavy atom. The van der Waals surface area contributed by atoms with E-state index in [9.17, 15) is 4.79 Å². The molecule has 332 valence electrons. The molecule has 6 N–H and O–H groups in total. The highest BCUT2D eigenvalue weighted by Crippen LogP contribution is 2.41. The lowest BCUT2D eigenvalue weighted by atomic mass is 10.0. The van der Waals surface area contributed by atoms with Gasteiger partial charge in [-0.05, 0) is 87.9 Å². The monoisotopic (exact) mass is 928 g/mol. The van der Waals surface area contributed by atoms with Crippen LogP contribution in [0.15, 0.2) is 120 Å².